The van der Waals surface area contributed by atoms with Crippen molar-refractivity contribution >= 4 is 39.7 Å². The van der Waals surface area contributed by atoms with Gasteiger partial charge in [-0.1, -0.05) is 11.6 Å². The number of aromatic amines is 1. The van der Waals surface area contributed by atoms with E-state index in [1.807, 2.05) is 0 Å². The Morgan fingerprint density at radius 3 is 2.59 bits per heavy atom. The Morgan fingerprint density at radius 1 is 1.37 bits per heavy atom. The predicted molar refractivity (Wildman–Crippen MR) is 106 cm³/mol. The molecule has 8 nitrogen and oxygen atoms in total. The van der Waals surface area contributed by atoms with E-state index in [4.69, 9.17) is 23.8 Å². The molecule has 0 fully saturated rings. The smallest absolute Gasteiger partial charge is 0.251 e. The lowest BCUT2D eigenvalue weighted by Crippen LogP contribution is -2.40. The summed E-state index contributed by atoms with van der Waals surface area (Å²) in [7, 11) is -2.08. The minimum Gasteiger partial charge on any atom is -0.352 e. The van der Waals surface area contributed by atoms with Gasteiger partial charge in [0, 0.05) is 31.1 Å². The summed E-state index contributed by atoms with van der Waals surface area (Å²) < 4.78 is 29.8. The van der Waals surface area contributed by atoms with Crippen LogP contribution in [0.15, 0.2) is 23.1 Å². The van der Waals surface area contributed by atoms with Crippen LogP contribution in [-0.2, 0) is 23.5 Å². The fourth-order valence-corrected chi connectivity index (χ4v) is 4.40. The average Bonchev–Trinajstić information content (AvgIpc) is 2.85. The van der Waals surface area contributed by atoms with Gasteiger partial charge in [0.25, 0.3) is 5.91 Å². The number of nitrogens with one attached hydrogen (secondary N) is 3. The number of hydrogen-bond acceptors (Lipinski definition) is 5. The van der Waals surface area contributed by atoms with Crippen LogP contribution in [0.25, 0.3) is 0 Å². The zero-order chi connectivity index (χ0) is 20.4. The molecule has 148 valence electrons. The largest absolute Gasteiger partial charge is 0.352 e. The third-order valence-corrected chi connectivity index (χ3v) is 6.13. The second kappa shape index (κ2) is 8.09. The van der Waals surface area contributed by atoms with E-state index in [2.05, 4.69) is 20.2 Å². The molecule has 3 N–H and O–H groups in total. The van der Waals surface area contributed by atoms with Crippen molar-refractivity contribution in [2.75, 3.05) is 6.54 Å². The second-order valence-electron chi connectivity index (χ2n) is 7.01. The van der Waals surface area contributed by atoms with Crippen LogP contribution in [0.5, 0.6) is 0 Å². The van der Waals surface area contributed by atoms with E-state index in [0.29, 0.717) is 23.6 Å². The van der Waals surface area contributed by atoms with Crippen molar-refractivity contribution in [1.82, 2.24) is 24.8 Å². The molecule has 2 rings (SSSR count). The molecule has 1 aromatic heterocycles. The maximum absolute atomic E-state index is 12.5. The number of aromatic nitrogens is 3. The van der Waals surface area contributed by atoms with Crippen molar-refractivity contribution in [1.29, 1.82) is 0 Å². The monoisotopic (exact) mass is 431 g/mol. The second-order valence-corrected chi connectivity index (χ2v) is 9.46. The van der Waals surface area contributed by atoms with Crippen molar-refractivity contribution in [2.24, 2.45) is 7.05 Å². The van der Waals surface area contributed by atoms with Gasteiger partial charge in [-0.25, -0.2) is 13.1 Å². The first kappa shape index (κ1) is 21.5. The highest BCUT2D eigenvalue weighted by Crippen LogP contribution is 2.24. The molecule has 1 aromatic carbocycles. The molecule has 0 saturated carbocycles. The fraction of sp³-hybridized carbons (Fsp3) is 0.438. The van der Waals surface area contributed by atoms with Gasteiger partial charge in [-0.15, -0.1) is 0 Å². The molecule has 0 aliphatic carbocycles. The van der Waals surface area contributed by atoms with E-state index in [1.54, 1.807) is 32.4 Å². The molecular formula is C16H22ClN5O3S2. The maximum Gasteiger partial charge on any atom is 0.251 e. The Hall–Kier alpha value is -1.75. The van der Waals surface area contributed by atoms with Gasteiger partial charge < -0.3 is 9.88 Å². The lowest BCUT2D eigenvalue weighted by molar-refractivity contribution is 0.0953. The Bertz CT molecular complexity index is 1010. The average molecular weight is 432 g/mol. The first-order valence-electron chi connectivity index (χ1n) is 8.13. The first-order chi connectivity index (χ1) is 12.4. The quantitative estimate of drug-likeness (QED) is 0.607. The number of carbonyl (C=O) groups is 1. The van der Waals surface area contributed by atoms with Gasteiger partial charge in [0.05, 0.1) is 5.02 Å². The Labute approximate surface area is 168 Å². The van der Waals surface area contributed by atoms with Gasteiger partial charge in [-0.05, 0) is 51.2 Å². The Balaban J connectivity index is 2.13. The molecule has 0 saturated heterocycles. The molecule has 0 aliphatic heterocycles. The van der Waals surface area contributed by atoms with E-state index in [-0.39, 0.29) is 15.5 Å². The molecule has 27 heavy (non-hydrogen) atoms. The summed E-state index contributed by atoms with van der Waals surface area (Å²) in [6.45, 7) is 5.48. The lowest BCUT2D eigenvalue weighted by atomic mass is 10.1. The minimum absolute atomic E-state index is 0.0461. The molecule has 2 aromatic rings. The number of benzene rings is 1. The summed E-state index contributed by atoms with van der Waals surface area (Å²) in [5, 5.41) is 9.51. The maximum atomic E-state index is 12.5. The molecule has 0 bridgehead atoms. The number of carbonyl (C=O) groups excluding carboxylic acids is 1. The molecule has 0 radical (unpaired) electrons. The SMILES string of the molecule is Cn1c(CCNC(=O)c2ccc(Cl)c(S(=O)(=O)NC(C)(C)C)c2)n[nH]c1=S. The van der Waals surface area contributed by atoms with Gasteiger partial charge in [0.1, 0.15) is 10.7 Å². The van der Waals surface area contributed by atoms with Gasteiger partial charge in [0.2, 0.25) is 10.0 Å². The molecule has 1 heterocycles. The van der Waals surface area contributed by atoms with Gasteiger partial charge >= 0.3 is 0 Å². The van der Waals surface area contributed by atoms with E-state index in [0.717, 1.165) is 0 Å². The summed E-state index contributed by atoms with van der Waals surface area (Å²) in [4.78, 5) is 12.2. The lowest BCUT2D eigenvalue weighted by Gasteiger charge is -2.21. The van der Waals surface area contributed by atoms with Crippen molar-refractivity contribution in [2.45, 2.75) is 37.6 Å². The Morgan fingerprint density at radius 2 is 2.04 bits per heavy atom. The summed E-state index contributed by atoms with van der Waals surface area (Å²) in [5.74, 6) is 0.296. The number of sulfonamides is 1. The van der Waals surface area contributed by atoms with Crippen LogP contribution in [-0.4, -0.2) is 41.2 Å². The summed E-state index contributed by atoms with van der Waals surface area (Å²) >= 11 is 11.1. The number of rotatable bonds is 6. The van der Waals surface area contributed by atoms with Crippen molar-refractivity contribution in [3.05, 3.63) is 39.4 Å². The zero-order valence-electron chi connectivity index (χ0n) is 15.5. The van der Waals surface area contributed by atoms with Gasteiger partial charge in [0.15, 0.2) is 4.77 Å². The van der Waals surface area contributed by atoms with Crippen molar-refractivity contribution in [3.63, 3.8) is 0 Å². The number of nitrogens with zero attached hydrogens (tertiary/aromatic N) is 2. The van der Waals surface area contributed by atoms with Gasteiger partial charge in [-0.2, -0.15) is 5.10 Å². The molecule has 1 amide bonds. The van der Waals surface area contributed by atoms with Crippen LogP contribution in [0.3, 0.4) is 0 Å². The van der Waals surface area contributed by atoms with Crippen LogP contribution in [0, 0.1) is 4.77 Å². The predicted octanol–water partition coefficient (Wildman–Crippen LogP) is 2.18. The summed E-state index contributed by atoms with van der Waals surface area (Å²) in [6, 6.07) is 4.14. The highest BCUT2D eigenvalue weighted by Gasteiger charge is 2.25. The number of halogens is 1. The van der Waals surface area contributed by atoms with Crippen LogP contribution in [0.4, 0.5) is 0 Å². The van der Waals surface area contributed by atoms with E-state index in [1.165, 1.54) is 18.2 Å². The molecule has 0 spiro atoms. The van der Waals surface area contributed by atoms with Crippen LogP contribution in [0.1, 0.15) is 37.0 Å². The summed E-state index contributed by atoms with van der Waals surface area (Å²) in [6.07, 6.45) is 0.472. The number of H-pyrrole nitrogens is 1. The third-order valence-electron chi connectivity index (χ3n) is 3.53. The van der Waals surface area contributed by atoms with Crippen molar-refractivity contribution < 1.29 is 13.2 Å². The highest BCUT2D eigenvalue weighted by atomic mass is 35.5. The highest BCUT2D eigenvalue weighted by molar-refractivity contribution is 7.89. The standard InChI is InChI=1S/C16H22ClN5O3S2/c1-16(2,3)21-27(24,25)12-9-10(5-6-11(12)17)14(23)18-8-7-13-19-20-15(26)22(13)4/h5-6,9,21H,7-8H2,1-4H3,(H,18,23)(H,20,26). The number of amides is 1. The molecule has 0 aliphatic rings. The first-order valence-corrected chi connectivity index (χ1v) is 10.4. The van der Waals surface area contributed by atoms with E-state index >= 15 is 0 Å². The summed E-state index contributed by atoms with van der Waals surface area (Å²) in [5.41, 5.74) is -0.479. The minimum atomic E-state index is -3.86. The third kappa shape index (κ3) is 5.61. The zero-order valence-corrected chi connectivity index (χ0v) is 17.8. The number of hydrogen-bond donors (Lipinski definition) is 3. The van der Waals surface area contributed by atoms with Crippen molar-refractivity contribution in [3.8, 4) is 0 Å². The van der Waals surface area contributed by atoms with Gasteiger partial charge in [-0.3, -0.25) is 9.89 Å². The topological polar surface area (TPSA) is 109 Å². The normalized spacial score (nSPS) is 12.2. The van der Waals surface area contributed by atoms with E-state index in [9.17, 15) is 13.2 Å². The molecular weight excluding hydrogens is 410 g/mol. The molecule has 11 heteroatoms. The molecule has 0 unspecified atom stereocenters. The molecule has 0 atom stereocenters. The Kier molecular flexibility index (Phi) is 6.46. The fourth-order valence-electron chi connectivity index (χ4n) is 2.30. The van der Waals surface area contributed by atoms with E-state index < -0.39 is 21.5 Å². The van der Waals surface area contributed by atoms with Crippen LogP contribution >= 0.6 is 23.8 Å². The van der Waals surface area contributed by atoms with Crippen LogP contribution in [0.2, 0.25) is 5.02 Å². The van der Waals surface area contributed by atoms with Crippen LogP contribution < -0.4 is 10.0 Å².